The van der Waals surface area contributed by atoms with E-state index in [9.17, 15) is 9.90 Å². The molecule has 6 heteroatoms. The van der Waals surface area contributed by atoms with Gasteiger partial charge in [0.25, 0.3) is 5.91 Å². The van der Waals surface area contributed by atoms with Crippen molar-refractivity contribution < 1.29 is 14.6 Å². The van der Waals surface area contributed by atoms with E-state index in [1.165, 1.54) is 11.3 Å². The zero-order valence-corrected chi connectivity index (χ0v) is 11.6. The van der Waals surface area contributed by atoms with Crippen molar-refractivity contribution in [1.82, 2.24) is 5.32 Å². The third-order valence-corrected chi connectivity index (χ3v) is 4.56. The van der Waals surface area contributed by atoms with Gasteiger partial charge in [-0.25, -0.2) is 0 Å². The minimum Gasteiger partial charge on any atom is -0.388 e. The summed E-state index contributed by atoms with van der Waals surface area (Å²) < 4.78 is 5.98. The van der Waals surface area contributed by atoms with Gasteiger partial charge in [-0.05, 0) is 15.9 Å². The molecule has 0 aliphatic carbocycles. The maximum absolute atomic E-state index is 11.8. The summed E-state index contributed by atoms with van der Waals surface area (Å²) in [5, 5.41) is 16.6. The second-order valence-corrected chi connectivity index (χ2v) is 5.75. The van der Waals surface area contributed by atoms with Gasteiger partial charge < -0.3 is 15.2 Å². The van der Waals surface area contributed by atoms with Crippen LogP contribution in [-0.2, 0) is 4.74 Å². The number of nitrogens with one attached hydrogen (secondary N) is 1. The van der Waals surface area contributed by atoms with Crippen LogP contribution in [0, 0.1) is 0 Å². The van der Waals surface area contributed by atoms with E-state index in [2.05, 4.69) is 21.2 Å². The maximum Gasteiger partial charge on any atom is 0.253 e. The largest absolute Gasteiger partial charge is 0.388 e. The first-order valence-electron chi connectivity index (χ1n) is 5.41. The van der Waals surface area contributed by atoms with Gasteiger partial charge in [-0.3, -0.25) is 4.79 Å². The Morgan fingerprint density at radius 1 is 1.53 bits per heavy atom. The Morgan fingerprint density at radius 3 is 2.82 bits per heavy atom. The van der Waals surface area contributed by atoms with Crippen LogP contribution in [0.15, 0.2) is 15.2 Å². The lowest BCUT2D eigenvalue weighted by atomic mass is 9.94. The Morgan fingerprint density at radius 2 is 2.24 bits per heavy atom. The molecule has 0 unspecified atom stereocenters. The number of aliphatic hydroxyl groups is 1. The van der Waals surface area contributed by atoms with Gasteiger partial charge in [0.1, 0.15) is 0 Å². The molecule has 4 nitrogen and oxygen atoms in total. The molecular weight excluding hydrogens is 306 g/mol. The van der Waals surface area contributed by atoms with Gasteiger partial charge in [-0.2, -0.15) is 11.3 Å². The maximum atomic E-state index is 11.8. The van der Waals surface area contributed by atoms with E-state index in [1.54, 1.807) is 5.38 Å². The van der Waals surface area contributed by atoms with Crippen LogP contribution in [0.25, 0.3) is 0 Å². The average molecular weight is 320 g/mol. The molecule has 1 amide bonds. The van der Waals surface area contributed by atoms with Crippen molar-refractivity contribution in [1.29, 1.82) is 0 Å². The van der Waals surface area contributed by atoms with Crippen molar-refractivity contribution in [3.63, 3.8) is 0 Å². The molecule has 1 saturated heterocycles. The lowest BCUT2D eigenvalue weighted by molar-refractivity contribution is -0.0605. The molecule has 0 aromatic carbocycles. The number of hydrogen-bond acceptors (Lipinski definition) is 4. The minimum absolute atomic E-state index is 0.155. The van der Waals surface area contributed by atoms with E-state index in [1.807, 2.05) is 5.38 Å². The number of carbonyl (C=O) groups excluding carboxylic acids is 1. The van der Waals surface area contributed by atoms with Crippen LogP contribution >= 0.6 is 27.3 Å². The van der Waals surface area contributed by atoms with Crippen LogP contribution in [0.4, 0.5) is 0 Å². The Kier molecular flexibility index (Phi) is 4.19. The molecule has 0 atom stereocenters. The topological polar surface area (TPSA) is 58.6 Å². The standard InChI is InChI=1S/C11H14BrNO3S/c12-9-6-17-5-8(9)10(14)13-7-11(15)1-3-16-4-2-11/h5-6,15H,1-4,7H2,(H,13,14). The average Bonchev–Trinajstić information content (AvgIpc) is 2.74. The predicted octanol–water partition coefficient (Wildman–Crippen LogP) is 1.78. The van der Waals surface area contributed by atoms with Crippen molar-refractivity contribution in [2.75, 3.05) is 19.8 Å². The molecule has 2 N–H and O–H groups in total. The highest BCUT2D eigenvalue weighted by atomic mass is 79.9. The molecule has 1 aliphatic heterocycles. The molecule has 1 fully saturated rings. The summed E-state index contributed by atoms with van der Waals surface area (Å²) in [6.07, 6.45) is 1.14. The van der Waals surface area contributed by atoms with Crippen LogP contribution in [0.2, 0.25) is 0 Å². The van der Waals surface area contributed by atoms with Gasteiger partial charge in [0.15, 0.2) is 0 Å². The van der Waals surface area contributed by atoms with E-state index in [4.69, 9.17) is 4.74 Å². The van der Waals surface area contributed by atoms with Crippen molar-refractivity contribution in [2.24, 2.45) is 0 Å². The van der Waals surface area contributed by atoms with Crippen LogP contribution in [0.1, 0.15) is 23.2 Å². The highest BCUT2D eigenvalue weighted by Gasteiger charge is 2.30. The fourth-order valence-corrected chi connectivity index (χ4v) is 3.17. The number of rotatable bonds is 3. The second-order valence-electron chi connectivity index (χ2n) is 4.15. The summed E-state index contributed by atoms with van der Waals surface area (Å²) in [6.45, 7) is 1.38. The molecular formula is C11H14BrNO3S. The number of ether oxygens (including phenoxy) is 1. The quantitative estimate of drug-likeness (QED) is 0.893. The summed E-state index contributed by atoms with van der Waals surface area (Å²) in [5.74, 6) is -0.155. The lowest BCUT2D eigenvalue weighted by Crippen LogP contribution is -2.46. The van der Waals surface area contributed by atoms with Crippen molar-refractivity contribution in [3.05, 3.63) is 20.8 Å². The molecule has 2 rings (SSSR count). The van der Waals surface area contributed by atoms with Crippen LogP contribution in [-0.4, -0.2) is 36.4 Å². The van der Waals surface area contributed by atoms with Gasteiger partial charge in [0.2, 0.25) is 0 Å². The first-order chi connectivity index (χ1) is 8.11. The summed E-state index contributed by atoms with van der Waals surface area (Å²) in [4.78, 5) is 11.8. The van der Waals surface area contributed by atoms with E-state index in [-0.39, 0.29) is 12.5 Å². The second kappa shape index (κ2) is 5.48. The van der Waals surface area contributed by atoms with E-state index >= 15 is 0 Å². The molecule has 0 saturated carbocycles. The van der Waals surface area contributed by atoms with Gasteiger partial charge in [-0.15, -0.1) is 0 Å². The number of carbonyl (C=O) groups is 1. The Hall–Kier alpha value is -0.430. The van der Waals surface area contributed by atoms with E-state index in [0.29, 0.717) is 31.6 Å². The smallest absolute Gasteiger partial charge is 0.253 e. The molecule has 1 aliphatic rings. The van der Waals surface area contributed by atoms with Crippen LogP contribution in [0.5, 0.6) is 0 Å². The Bertz CT molecular complexity index is 401. The zero-order chi connectivity index (χ0) is 12.3. The summed E-state index contributed by atoms with van der Waals surface area (Å²) in [6, 6.07) is 0. The monoisotopic (exact) mass is 319 g/mol. The highest BCUT2D eigenvalue weighted by molar-refractivity contribution is 9.10. The lowest BCUT2D eigenvalue weighted by Gasteiger charge is -2.32. The van der Waals surface area contributed by atoms with Gasteiger partial charge in [0, 0.05) is 47.8 Å². The molecule has 1 aromatic rings. The summed E-state index contributed by atoms with van der Waals surface area (Å²) in [5.41, 5.74) is -0.207. The summed E-state index contributed by atoms with van der Waals surface area (Å²) in [7, 11) is 0. The van der Waals surface area contributed by atoms with Gasteiger partial charge in [-0.1, -0.05) is 0 Å². The molecule has 1 aromatic heterocycles. The first kappa shape index (κ1) is 13.0. The van der Waals surface area contributed by atoms with Gasteiger partial charge >= 0.3 is 0 Å². The third kappa shape index (κ3) is 3.28. The van der Waals surface area contributed by atoms with Crippen molar-refractivity contribution in [2.45, 2.75) is 18.4 Å². The zero-order valence-electron chi connectivity index (χ0n) is 9.24. The molecule has 0 radical (unpaired) electrons. The number of hydrogen-bond donors (Lipinski definition) is 2. The SMILES string of the molecule is O=C(NCC1(O)CCOCC1)c1cscc1Br. The number of thiophene rings is 1. The molecule has 2 heterocycles. The van der Waals surface area contributed by atoms with Gasteiger partial charge in [0.05, 0.1) is 11.2 Å². The Labute approximate surface area is 112 Å². The minimum atomic E-state index is -0.823. The van der Waals surface area contributed by atoms with E-state index in [0.717, 1.165) is 4.47 Å². The molecule has 0 bridgehead atoms. The number of amides is 1. The van der Waals surface area contributed by atoms with Crippen LogP contribution in [0.3, 0.4) is 0 Å². The molecule has 17 heavy (non-hydrogen) atoms. The van der Waals surface area contributed by atoms with Crippen LogP contribution < -0.4 is 5.32 Å². The summed E-state index contributed by atoms with van der Waals surface area (Å²) >= 11 is 4.78. The van der Waals surface area contributed by atoms with Crippen molar-refractivity contribution in [3.8, 4) is 0 Å². The Balaban J connectivity index is 1.90. The molecule has 0 spiro atoms. The van der Waals surface area contributed by atoms with E-state index < -0.39 is 5.60 Å². The molecule has 94 valence electrons. The number of halogens is 1. The fourth-order valence-electron chi connectivity index (χ4n) is 1.71. The highest BCUT2D eigenvalue weighted by Crippen LogP contribution is 2.22. The third-order valence-electron chi connectivity index (χ3n) is 2.86. The van der Waals surface area contributed by atoms with Crippen molar-refractivity contribution >= 4 is 33.2 Å². The predicted molar refractivity (Wildman–Crippen MR) is 69.4 cm³/mol. The first-order valence-corrected chi connectivity index (χ1v) is 7.14. The fraction of sp³-hybridized carbons (Fsp3) is 0.545. The normalized spacial score (nSPS) is 18.9.